The van der Waals surface area contributed by atoms with Gasteiger partial charge in [-0.25, -0.2) is 0 Å². The Bertz CT molecular complexity index is 794. The van der Waals surface area contributed by atoms with Crippen molar-refractivity contribution in [2.24, 2.45) is 0 Å². The summed E-state index contributed by atoms with van der Waals surface area (Å²) in [5.74, 6) is 1.70. The summed E-state index contributed by atoms with van der Waals surface area (Å²) in [6.07, 6.45) is 0. The molecule has 24 heavy (non-hydrogen) atoms. The molecule has 0 atom stereocenters. The van der Waals surface area contributed by atoms with Gasteiger partial charge in [0.2, 0.25) is 0 Å². The second kappa shape index (κ2) is 7.84. The van der Waals surface area contributed by atoms with E-state index in [9.17, 15) is 4.79 Å². The molecule has 0 fully saturated rings. The topological polar surface area (TPSA) is 26.3 Å². The third-order valence-corrected chi connectivity index (χ3v) is 4.80. The van der Waals surface area contributed by atoms with E-state index in [1.807, 2.05) is 42.5 Å². The molecule has 2 nitrogen and oxygen atoms in total. The highest BCUT2D eigenvalue weighted by atomic mass is 32.2. The average molecular weight is 334 g/mol. The summed E-state index contributed by atoms with van der Waals surface area (Å²) in [5, 5.41) is 0. The van der Waals surface area contributed by atoms with E-state index < -0.39 is 0 Å². The molecule has 0 heterocycles. The fourth-order valence-electron chi connectivity index (χ4n) is 2.35. The van der Waals surface area contributed by atoms with Gasteiger partial charge in [0.1, 0.15) is 5.75 Å². The fraction of sp³-hybridized carbons (Fsp3) is 0.0952. The van der Waals surface area contributed by atoms with Crippen LogP contribution >= 0.6 is 11.8 Å². The predicted octanol–water partition coefficient (Wildman–Crippen LogP) is 5.22. The molecule has 0 aliphatic carbocycles. The first-order valence-electron chi connectivity index (χ1n) is 7.72. The Balaban J connectivity index is 1.66. The number of hydrogen-bond donors (Lipinski definition) is 0. The molecule has 3 aromatic carbocycles. The van der Waals surface area contributed by atoms with E-state index in [2.05, 4.69) is 12.1 Å². The minimum atomic E-state index is 0.0252. The van der Waals surface area contributed by atoms with Crippen LogP contribution in [0.5, 0.6) is 5.75 Å². The van der Waals surface area contributed by atoms with Crippen LogP contribution in [0.4, 0.5) is 0 Å². The van der Waals surface area contributed by atoms with Crippen molar-refractivity contribution in [2.45, 2.75) is 10.6 Å². The van der Waals surface area contributed by atoms with Crippen LogP contribution in [0, 0.1) is 0 Å². The van der Waals surface area contributed by atoms with E-state index in [4.69, 9.17) is 4.74 Å². The lowest BCUT2D eigenvalue weighted by Gasteiger charge is -2.05. The molecule has 0 N–H and O–H groups in total. The SMILES string of the molecule is COc1ccc(C(=O)c2ccc(SCc3ccccc3)cc2)cc1. The first-order valence-corrected chi connectivity index (χ1v) is 8.70. The van der Waals surface area contributed by atoms with Crippen LogP contribution in [0.25, 0.3) is 0 Å². The maximum Gasteiger partial charge on any atom is 0.193 e. The second-order valence-corrected chi connectivity index (χ2v) is 6.41. The van der Waals surface area contributed by atoms with Crippen molar-refractivity contribution in [1.29, 1.82) is 0 Å². The Morgan fingerprint density at radius 3 is 2.00 bits per heavy atom. The van der Waals surface area contributed by atoms with E-state index in [0.717, 1.165) is 16.4 Å². The van der Waals surface area contributed by atoms with E-state index in [1.54, 1.807) is 43.1 Å². The van der Waals surface area contributed by atoms with Gasteiger partial charge in [-0.05, 0) is 54.1 Å². The zero-order valence-corrected chi connectivity index (χ0v) is 14.3. The first kappa shape index (κ1) is 16.3. The molecule has 3 heteroatoms. The third-order valence-electron chi connectivity index (χ3n) is 3.72. The predicted molar refractivity (Wildman–Crippen MR) is 98.9 cm³/mol. The fourth-order valence-corrected chi connectivity index (χ4v) is 3.21. The molecule has 0 aliphatic rings. The average Bonchev–Trinajstić information content (AvgIpc) is 2.67. The Morgan fingerprint density at radius 2 is 1.42 bits per heavy atom. The number of methoxy groups -OCH3 is 1. The standard InChI is InChI=1S/C21H18O2S/c1-23-19-11-7-17(8-12-19)21(22)18-9-13-20(14-10-18)24-15-16-5-3-2-4-6-16/h2-14H,15H2,1H3. The number of ketones is 1. The number of benzene rings is 3. The molecule has 0 saturated heterocycles. The van der Waals surface area contributed by atoms with Crippen molar-refractivity contribution in [2.75, 3.05) is 7.11 Å². The molecule has 0 aliphatic heterocycles. The van der Waals surface area contributed by atoms with E-state index in [-0.39, 0.29) is 5.78 Å². The molecular formula is C21H18O2S. The van der Waals surface area contributed by atoms with E-state index in [1.165, 1.54) is 5.56 Å². The van der Waals surface area contributed by atoms with Gasteiger partial charge < -0.3 is 4.74 Å². The van der Waals surface area contributed by atoms with Crippen LogP contribution in [-0.4, -0.2) is 12.9 Å². The quantitative estimate of drug-likeness (QED) is 0.457. The summed E-state index contributed by atoms with van der Waals surface area (Å²) in [6.45, 7) is 0. The lowest BCUT2D eigenvalue weighted by Crippen LogP contribution is -2.00. The summed E-state index contributed by atoms with van der Waals surface area (Å²) >= 11 is 1.77. The minimum Gasteiger partial charge on any atom is -0.497 e. The van der Waals surface area contributed by atoms with Crippen LogP contribution in [0.15, 0.2) is 83.8 Å². The van der Waals surface area contributed by atoms with Crippen LogP contribution in [0.1, 0.15) is 21.5 Å². The summed E-state index contributed by atoms with van der Waals surface area (Å²) in [7, 11) is 1.61. The third kappa shape index (κ3) is 4.06. The summed E-state index contributed by atoms with van der Waals surface area (Å²) in [6, 6.07) is 25.3. The van der Waals surface area contributed by atoms with Gasteiger partial charge in [-0.1, -0.05) is 30.3 Å². The number of thioether (sulfide) groups is 1. The van der Waals surface area contributed by atoms with Gasteiger partial charge in [-0.2, -0.15) is 0 Å². The number of ether oxygens (including phenoxy) is 1. The molecule has 0 saturated carbocycles. The Kier molecular flexibility index (Phi) is 5.34. The molecule has 0 aromatic heterocycles. The van der Waals surface area contributed by atoms with E-state index in [0.29, 0.717) is 11.1 Å². The molecule has 120 valence electrons. The van der Waals surface area contributed by atoms with Gasteiger partial charge in [0.05, 0.1) is 7.11 Å². The molecule has 3 aromatic rings. The first-order chi connectivity index (χ1) is 11.8. The van der Waals surface area contributed by atoms with Crippen molar-refractivity contribution in [1.82, 2.24) is 0 Å². The van der Waals surface area contributed by atoms with Crippen LogP contribution in [0.3, 0.4) is 0 Å². The highest BCUT2D eigenvalue weighted by molar-refractivity contribution is 7.98. The van der Waals surface area contributed by atoms with Crippen molar-refractivity contribution in [3.05, 3.63) is 95.6 Å². The van der Waals surface area contributed by atoms with Gasteiger partial charge in [-0.3, -0.25) is 4.79 Å². The van der Waals surface area contributed by atoms with Crippen LogP contribution < -0.4 is 4.74 Å². The van der Waals surface area contributed by atoms with Gasteiger partial charge in [0.15, 0.2) is 5.78 Å². The summed E-state index contributed by atoms with van der Waals surface area (Å²) in [5.41, 5.74) is 2.66. The van der Waals surface area contributed by atoms with Crippen molar-refractivity contribution in [3.8, 4) is 5.75 Å². The zero-order valence-electron chi connectivity index (χ0n) is 13.4. The van der Waals surface area contributed by atoms with E-state index >= 15 is 0 Å². The molecule has 0 spiro atoms. The Labute approximate surface area is 146 Å². The van der Waals surface area contributed by atoms with Gasteiger partial charge in [-0.15, -0.1) is 11.8 Å². The zero-order chi connectivity index (χ0) is 16.8. The van der Waals surface area contributed by atoms with Gasteiger partial charge in [0, 0.05) is 21.8 Å². The largest absolute Gasteiger partial charge is 0.497 e. The highest BCUT2D eigenvalue weighted by Crippen LogP contribution is 2.24. The smallest absolute Gasteiger partial charge is 0.193 e. The summed E-state index contributed by atoms with van der Waals surface area (Å²) in [4.78, 5) is 13.6. The molecule has 0 unspecified atom stereocenters. The molecule has 0 bridgehead atoms. The van der Waals surface area contributed by atoms with Gasteiger partial charge >= 0.3 is 0 Å². The monoisotopic (exact) mass is 334 g/mol. The number of carbonyl (C=O) groups is 1. The maximum absolute atomic E-state index is 12.5. The summed E-state index contributed by atoms with van der Waals surface area (Å²) < 4.78 is 5.12. The molecule has 0 amide bonds. The molecule has 0 radical (unpaired) electrons. The number of hydrogen-bond acceptors (Lipinski definition) is 3. The number of rotatable bonds is 6. The van der Waals surface area contributed by atoms with Crippen molar-refractivity contribution < 1.29 is 9.53 Å². The van der Waals surface area contributed by atoms with Crippen molar-refractivity contribution in [3.63, 3.8) is 0 Å². The second-order valence-electron chi connectivity index (χ2n) is 5.36. The lowest BCUT2D eigenvalue weighted by atomic mass is 10.0. The minimum absolute atomic E-state index is 0.0252. The van der Waals surface area contributed by atoms with Gasteiger partial charge in [0.25, 0.3) is 0 Å². The number of carbonyl (C=O) groups excluding carboxylic acids is 1. The molecular weight excluding hydrogens is 316 g/mol. The Hall–Kier alpha value is -2.52. The maximum atomic E-state index is 12.5. The van der Waals surface area contributed by atoms with Crippen molar-refractivity contribution >= 4 is 17.5 Å². The van der Waals surface area contributed by atoms with Crippen LogP contribution in [-0.2, 0) is 5.75 Å². The molecule has 3 rings (SSSR count). The highest BCUT2D eigenvalue weighted by Gasteiger charge is 2.09. The van der Waals surface area contributed by atoms with Crippen LogP contribution in [0.2, 0.25) is 0 Å². The normalized spacial score (nSPS) is 10.4. The lowest BCUT2D eigenvalue weighted by molar-refractivity contribution is 0.103. The Morgan fingerprint density at radius 1 is 0.833 bits per heavy atom.